The fourth-order valence-corrected chi connectivity index (χ4v) is 1.72. The van der Waals surface area contributed by atoms with Crippen molar-refractivity contribution < 1.29 is 23.9 Å². The Kier molecular flexibility index (Phi) is 4.04. The first-order valence-electron chi connectivity index (χ1n) is 5.47. The third-order valence-corrected chi connectivity index (χ3v) is 2.77. The first kappa shape index (κ1) is 12.7. The van der Waals surface area contributed by atoms with Crippen LogP contribution in [0.1, 0.15) is 33.1 Å². The predicted molar refractivity (Wildman–Crippen MR) is 54.6 cm³/mol. The summed E-state index contributed by atoms with van der Waals surface area (Å²) in [5.74, 6) is -2.30. The molecule has 0 amide bonds. The van der Waals surface area contributed by atoms with E-state index in [9.17, 15) is 14.4 Å². The minimum atomic E-state index is -1.26. The van der Waals surface area contributed by atoms with Crippen LogP contribution in [-0.2, 0) is 23.9 Å². The molecule has 1 aliphatic rings. The third kappa shape index (κ3) is 2.08. The molecule has 1 rings (SSSR count). The fourth-order valence-electron chi connectivity index (χ4n) is 1.72. The maximum Gasteiger partial charge on any atom is 0.375 e. The molecule has 0 aromatic rings. The Morgan fingerprint density at radius 1 is 1.06 bits per heavy atom. The van der Waals surface area contributed by atoms with E-state index in [1.165, 1.54) is 0 Å². The van der Waals surface area contributed by atoms with Gasteiger partial charge < -0.3 is 9.47 Å². The summed E-state index contributed by atoms with van der Waals surface area (Å²) >= 11 is 0. The van der Waals surface area contributed by atoms with Crippen molar-refractivity contribution in [1.82, 2.24) is 0 Å². The van der Waals surface area contributed by atoms with Gasteiger partial charge in [0.25, 0.3) is 5.78 Å². The van der Waals surface area contributed by atoms with Crippen LogP contribution < -0.4 is 0 Å². The molecule has 5 heteroatoms. The largest absolute Gasteiger partial charge is 0.465 e. The van der Waals surface area contributed by atoms with Crippen molar-refractivity contribution in [1.29, 1.82) is 0 Å². The van der Waals surface area contributed by atoms with Gasteiger partial charge in [-0.25, -0.2) is 4.79 Å². The molecule has 0 aromatic carbocycles. The van der Waals surface area contributed by atoms with Gasteiger partial charge in [-0.05, 0) is 26.7 Å². The summed E-state index contributed by atoms with van der Waals surface area (Å²) in [5.41, 5.74) is -1.26. The molecule has 0 unspecified atom stereocenters. The molecule has 0 heterocycles. The highest BCUT2D eigenvalue weighted by molar-refractivity contribution is 6.40. The highest BCUT2D eigenvalue weighted by atomic mass is 16.5. The van der Waals surface area contributed by atoms with Crippen LogP contribution in [0.25, 0.3) is 0 Å². The first-order valence-corrected chi connectivity index (χ1v) is 5.47. The number of rotatable bonds is 5. The van der Waals surface area contributed by atoms with E-state index in [0.717, 1.165) is 6.42 Å². The second kappa shape index (κ2) is 5.09. The lowest BCUT2D eigenvalue weighted by atomic mass is 9.66. The van der Waals surface area contributed by atoms with Crippen molar-refractivity contribution in [3.05, 3.63) is 0 Å². The smallest absolute Gasteiger partial charge is 0.375 e. The Morgan fingerprint density at radius 3 is 2.00 bits per heavy atom. The summed E-state index contributed by atoms with van der Waals surface area (Å²) in [4.78, 5) is 34.7. The van der Waals surface area contributed by atoms with Crippen LogP contribution >= 0.6 is 0 Å². The molecule has 1 fully saturated rings. The number of hydrogen-bond donors (Lipinski definition) is 0. The van der Waals surface area contributed by atoms with Gasteiger partial charge in [0, 0.05) is 0 Å². The molecular formula is C11H16O5. The Labute approximate surface area is 94.1 Å². The van der Waals surface area contributed by atoms with Gasteiger partial charge >= 0.3 is 11.9 Å². The second-order valence-corrected chi connectivity index (χ2v) is 3.71. The van der Waals surface area contributed by atoms with Gasteiger partial charge in [-0.3, -0.25) is 9.59 Å². The molecule has 0 saturated heterocycles. The van der Waals surface area contributed by atoms with E-state index in [2.05, 4.69) is 4.74 Å². The monoisotopic (exact) mass is 228 g/mol. The molecule has 0 aromatic heterocycles. The average molecular weight is 228 g/mol. The molecule has 0 radical (unpaired) electrons. The minimum absolute atomic E-state index is 0.128. The predicted octanol–water partition coefficient (Wildman–Crippen LogP) is 0.852. The van der Waals surface area contributed by atoms with Gasteiger partial charge in [-0.15, -0.1) is 0 Å². The van der Waals surface area contributed by atoms with E-state index in [1.807, 2.05) is 0 Å². The normalized spacial score (nSPS) is 17.1. The van der Waals surface area contributed by atoms with Gasteiger partial charge in [0.1, 0.15) is 5.41 Å². The molecule has 0 atom stereocenters. The van der Waals surface area contributed by atoms with Crippen molar-refractivity contribution in [2.24, 2.45) is 5.41 Å². The summed E-state index contributed by atoms with van der Waals surface area (Å²) in [6, 6.07) is 0. The van der Waals surface area contributed by atoms with E-state index < -0.39 is 23.1 Å². The van der Waals surface area contributed by atoms with Gasteiger partial charge in [0.2, 0.25) is 0 Å². The van der Waals surface area contributed by atoms with Crippen LogP contribution in [0.2, 0.25) is 0 Å². The molecular weight excluding hydrogens is 212 g/mol. The summed E-state index contributed by atoms with van der Waals surface area (Å²) in [7, 11) is 0. The van der Waals surface area contributed by atoms with Gasteiger partial charge in [0.05, 0.1) is 13.2 Å². The van der Waals surface area contributed by atoms with Crippen LogP contribution in [0.3, 0.4) is 0 Å². The average Bonchev–Trinajstić information content (AvgIpc) is 2.16. The van der Waals surface area contributed by atoms with Crippen LogP contribution in [0, 0.1) is 5.41 Å². The number of ether oxygens (including phenoxy) is 2. The summed E-state index contributed by atoms with van der Waals surface area (Å²) in [6.07, 6.45) is 1.51. The lowest BCUT2D eigenvalue weighted by Gasteiger charge is -2.36. The Morgan fingerprint density at radius 2 is 1.62 bits per heavy atom. The summed E-state index contributed by atoms with van der Waals surface area (Å²) in [5, 5.41) is 0. The molecule has 0 aliphatic heterocycles. The lowest BCUT2D eigenvalue weighted by Crippen LogP contribution is -2.49. The molecule has 1 aliphatic carbocycles. The Hall–Kier alpha value is -1.39. The maximum absolute atomic E-state index is 11.8. The van der Waals surface area contributed by atoms with Gasteiger partial charge in [-0.2, -0.15) is 0 Å². The van der Waals surface area contributed by atoms with Crippen LogP contribution in [-0.4, -0.2) is 30.9 Å². The van der Waals surface area contributed by atoms with Crippen molar-refractivity contribution in [2.45, 2.75) is 33.1 Å². The number of carbonyl (C=O) groups excluding carboxylic acids is 3. The summed E-state index contributed by atoms with van der Waals surface area (Å²) < 4.78 is 9.45. The topological polar surface area (TPSA) is 69.7 Å². The molecule has 0 N–H and O–H groups in total. The molecule has 90 valence electrons. The Bertz CT molecular complexity index is 303. The fraction of sp³-hybridized carbons (Fsp3) is 0.727. The molecule has 5 nitrogen and oxygen atoms in total. The maximum atomic E-state index is 11.8. The van der Waals surface area contributed by atoms with Crippen molar-refractivity contribution >= 4 is 17.7 Å². The zero-order chi connectivity index (χ0) is 12.2. The van der Waals surface area contributed by atoms with Gasteiger partial charge in [-0.1, -0.05) is 6.42 Å². The van der Waals surface area contributed by atoms with Crippen LogP contribution in [0.5, 0.6) is 0 Å². The van der Waals surface area contributed by atoms with Crippen molar-refractivity contribution in [3.63, 3.8) is 0 Å². The highest BCUT2D eigenvalue weighted by Gasteiger charge is 2.54. The molecule has 1 saturated carbocycles. The van der Waals surface area contributed by atoms with E-state index in [1.54, 1.807) is 13.8 Å². The quantitative estimate of drug-likeness (QED) is 0.396. The molecule has 0 bridgehead atoms. The third-order valence-electron chi connectivity index (χ3n) is 2.77. The first-order chi connectivity index (χ1) is 7.58. The van der Waals surface area contributed by atoms with Crippen LogP contribution in [0.15, 0.2) is 0 Å². The van der Waals surface area contributed by atoms with E-state index in [-0.39, 0.29) is 13.2 Å². The van der Waals surface area contributed by atoms with E-state index >= 15 is 0 Å². The van der Waals surface area contributed by atoms with Gasteiger partial charge in [0.15, 0.2) is 0 Å². The Balaban J connectivity index is 2.76. The van der Waals surface area contributed by atoms with E-state index in [4.69, 9.17) is 4.74 Å². The second-order valence-electron chi connectivity index (χ2n) is 3.71. The van der Waals surface area contributed by atoms with Crippen molar-refractivity contribution in [2.75, 3.05) is 13.2 Å². The van der Waals surface area contributed by atoms with Crippen LogP contribution in [0.4, 0.5) is 0 Å². The lowest BCUT2D eigenvalue weighted by molar-refractivity contribution is -0.174. The number of hydrogen-bond acceptors (Lipinski definition) is 5. The minimum Gasteiger partial charge on any atom is -0.465 e. The number of ketones is 1. The summed E-state index contributed by atoms with van der Waals surface area (Å²) in [6.45, 7) is 3.61. The van der Waals surface area contributed by atoms with E-state index in [0.29, 0.717) is 12.8 Å². The zero-order valence-electron chi connectivity index (χ0n) is 9.58. The van der Waals surface area contributed by atoms with Crippen molar-refractivity contribution in [3.8, 4) is 0 Å². The SMILES string of the molecule is CCOC(=O)C(=O)C1(C(=O)OCC)CCC1. The number of esters is 2. The molecule has 0 spiro atoms. The number of carbonyl (C=O) groups is 3. The highest BCUT2D eigenvalue weighted by Crippen LogP contribution is 2.43. The standard InChI is InChI=1S/C11H16O5/c1-3-15-9(13)8(12)11(6-5-7-11)10(14)16-4-2/h3-7H2,1-2H3. The zero-order valence-corrected chi connectivity index (χ0v) is 9.58. The number of Topliss-reactive ketones (excluding diaryl/α,β-unsaturated/α-hetero) is 1. The molecule has 16 heavy (non-hydrogen) atoms.